The summed E-state index contributed by atoms with van der Waals surface area (Å²) in [5.74, 6) is 0.220. The van der Waals surface area contributed by atoms with Crippen LogP contribution in [-0.4, -0.2) is 20.9 Å². The summed E-state index contributed by atoms with van der Waals surface area (Å²) in [5, 5.41) is 2.98. The van der Waals surface area contributed by atoms with Crippen LogP contribution in [0.15, 0.2) is 59.5 Å². The van der Waals surface area contributed by atoms with Crippen molar-refractivity contribution in [2.45, 2.75) is 44.6 Å². The fourth-order valence-corrected chi connectivity index (χ4v) is 3.81. The highest BCUT2D eigenvalue weighted by Crippen LogP contribution is 2.14. The molecule has 2 aromatic rings. The standard InChI is InChI=1S/C21H28N2O3S/c1-16(2)15-22-27(25,26)20-12-9-18(10-13-20)11-14-21(24)23-17(3)19-7-5-4-6-8-19/h4-10,12-13,16-17,22H,11,14-15H2,1-3H3,(H,23,24)/t17-/m1/s1. The summed E-state index contributed by atoms with van der Waals surface area (Å²) in [6.45, 7) is 6.27. The first-order chi connectivity index (χ1) is 12.8. The number of hydrogen-bond donors (Lipinski definition) is 2. The first-order valence-electron chi connectivity index (χ1n) is 9.21. The van der Waals surface area contributed by atoms with Crippen molar-refractivity contribution in [2.24, 2.45) is 5.92 Å². The Balaban J connectivity index is 1.86. The number of hydrogen-bond acceptors (Lipinski definition) is 3. The molecule has 0 bridgehead atoms. The van der Waals surface area contributed by atoms with E-state index in [4.69, 9.17) is 0 Å². The van der Waals surface area contributed by atoms with Crippen molar-refractivity contribution >= 4 is 15.9 Å². The van der Waals surface area contributed by atoms with Crippen LogP contribution in [0.1, 0.15) is 44.4 Å². The number of carbonyl (C=O) groups is 1. The summed E-state index contributed by atoms with van der Waals surface area (Å²) in [5.41, 5.74) is 2.00. The van der Waals surface area contributed by atoms with Gasteiger partial charge in [0.1, 0.15) is 0 Å². The predicted octanol–water partition coefficient (Wildman–Crippen LogP) is 3.43. The lowest BCUT2D eigenvalue weighted by molar-refractivity contribution is -0.121. The third-order valence-corrected chi connectivity index (χ3v) is 5.67. The molecular weight excluding hydrogens is 360 g/mol. The summed E-state index contributed by atoms with van der Waals surface area (Å²) < 4.78 is 27.0. The van der Waals surface area contributed by atoms with Gasteiger partial charge < -0.3 is 5.32 Å². The van der Waals surface area contributed by atoms with E-state index < -0.39 is 10.0 Å². The van der Waals surface area contributed by atoms with Gasteiger partial charge in [-0.05, 0) is 42.5 Å². The van der Waals surface area contributed by atoms with Gasteiger partial charge >= 0.3 is 0 Å². The van der Waals surface area contributed by atoms with E-state index in [-0.39, 0.29) is 22.8 Å². The Kier molecular flexibility index (Phi) is 7.56. The molecular formula is C21H28N2O3S. The van der Waals surface area contributed by atoms with Crippen LogP contribution in [0.2, 0.25) is 0 Å². The minimum atomic E-state index is -3.48. The largest absolute Gasteiger partial charge is 0.350 e. The molecule has 1 amide bonds. The average molecular weight is 389 g/mol. The molecule has 0 heterocycles. The molecule has 2 aromatic carbocycles. The second-order valence-corrected chi connectivity index (χ2v) is 8.86. The van der Waals surface area contributed by atoms with Gasteiger partial charge in [0.15, 0.2) is 0 Å². The summed E-state index contributed by atoms with van der Waals surface area (Å²) >= 11 is 0. The van der Waals surface area contributed by atoms with Gasteiger partial charge in [0, 0.05) is 13.0 Å². The number of nitrogens with one attached hydrogen (secondary N) is 2. The van der Waals surface area contributed by atoms with Gasteiger partial charge in [0.25, 0.3) is 0 Å². The maximum absolute atomic E-state index is 12.2. The molecule has 2 rings (SSSR count). The molecule has 1 atom stereocenters. The summed E-state index contributed by atoms with van der Waals surface area (Å²) in [4.78, 5) is 12.4. The lowest BCUT2D eigenvalue weighted by Crippen LogP contribution is -2.27. The van der Waals surface area contributed by atoms with Gasteiger partial charge in [0.2, 0.25) is 15.9 Å². The molecule has 0 saturated heterocycles. The lowest BCUT2D eigenvalue weighted by Gasteiger charge is -2.14. The molecule has 0 fully saturated rings. The van der Waals surface area contributed by atoms with Crippen LogP contribution in [0.5, 0.6) is 0 Å². The van der Waals surface area contributed by atoms with Crippen molar-refractivity contribution in [3.05, 3.63) is 65.7 Å². The molecule has 27 heavy (non-hydrogen) atoms. The van der Waals surface area contributed by atoms with Crippen LogP contribution < -0.4 is 10.0 Å². The van der Waals surface area contributed by atoms with Crippen molar-refractivity contribution in [1.82, 2.24) is 10.0 Å². The molecule has 0 saturated carbocycles. The fraction of sp³-hybridized carbons (Fsp3) is 0.381. The zero-order valence-electron chi connectivity index (χ0n) is 16.1. The quantitative estimate of drug-likeness (QED) is 0.691. The Morgan fingerprint density at radius 1 is 0.963 bits per heavy atom. The van der Waals surface area contributed by atoms with Gasteiger partial charge in [0.05, 0.1) is 10.9 Å². The van der Waals surface area contributed by atoms with Crippen molar-refractivity contribution in [3.63, 3.8) is 0 Å². The van der Waals surface area contributed by atoms with E-state index in [0.717, 1.165) is 11.1 Å². The van der Waals surface area contributed by atoms with Crippen molar-refractivity contribution in [2.75, 3.05) is 6.54 Å². The Morgan fingerprint density at radius 2 is 1.59 bits per heavy atom. The molecule has 0 aliphatic carbocycles. The zero-order valence-corrected chi connectivity index (χ0v) is 16.9. The van der Waals surface area contributed by atoms with Gasteiger partial charge in [-0.25, -0.2) is 13.1 Å². The molecule has 0 aromatic heterocycles. The third-order valence-electron chi connectivity index (χ3n) is 4.23. The number of amides is 1. The molecule has 0 radical (unpaired) electrons. The molecule has 2 N–H and O–H groups in total. The van der Waals surface area contributed by atoms with Crippen LogP contribution >= 0.6 is 0 Å². The number of rotatable bonds is 9. The lowest BCUT2D eigenvalue weighted by atomic mass is 10.1. The van der Waals surface area contributed by atoms with Gasteiger partial charge in [-0.3, -0.25) is 4.79 Å². The van der Waals surface area contributed by atoms with Crippen molar-refractivity contribution < 1.29 is 13.2 Å². The summed E-state index contributed by atoms with van der Waals surface area (Å²) in [6.07, 6.45) is 0.919. The molecule has 0 spiro atoms. The summed E-state index contributed by atoms with van der Waals surface area (Å²) in [7, 11) is -3.48. The Labute approximate surface area is 162 Å². The molecule has 0 unspecified atom stereocenters. The predicted molar refractivity (Wildman–Crippen MR) is 108 cm³/mol. The van der Waals surface area contributed by atoms with E-state index >= 15 is 0 Å². The average Bonchev–Trinajstić information content (AvgIpc) is 2.66. The van der Waals surface area contributed by atoms with E-state index in [1.807, 2.05) is 51.1 Å². The highest BCUT2D eigenvalue weighted by Gasteiger charge is 2.14. The maximum atomic E-state index is 12.2. The van der Waals surface area contributed by atoms with Crippen molar-refractivity contribution in [3.8, 4) is 0 Å². The Bertz CT molecular complexity index is 831. The third kappa shape index (κ3) is 6.81. The van der Waals surface area contributed by atoms with Crippen LogP contribution in [0.25, 0.3) is 0 Å². The van der Waals surface area contributed by atoms with E-state index in [1.54, 1.807) is 24.3 Å². The van der Waals surface area contributed by atoms with Gasteiger partial charge in [-0.2, -0.15) is 0 Å². The highest BCUT2D eigenvalue weighted by molar-refractivity contribution is 7.89. The zero-order chi connectivity index (χ0) is 19.9. The van der Waals surface area contributed by atoms with E-state index in [0.29, 0.717) is 19.4 Å². The Hall–Kier alpha value is -2.18. The van der Waals surface area contributed by atoms with Crippen LogP contribution in [-0.2, 0) is 21.2 Å². The SMILES string of the molecule is CC(C)CNS(=O)(=O)c1ccc(CCC(=O)N[C@H](C)c2ccccc2)cc1. The minimum Gasteiger partial charge on any atom is -0.350 e. The number of benzene rings is 2. The monoisotopic (exact) mass is 388 g/mol. The smallest absolute Gasteiger partial charge is 0.240 e. The minimum absolute atomic E-state index is 0.0262. The molecule has 5 nitrogen and oxygen atoms in total. The topological polar surface area (TPSA) is 75.3 Å². The van der Waals surface area contributed by atoms with Gasteiger partial charge in [-0.15, -0.1) is 0 Å². The van der Waals surface area contributed by atoms with Crippen LogP contribution in [0.3, 0.4) is 0 Å². The van der Waals surface area contributed by atoms with E-state index in [2.05, 4.69) is 10.0 Å². The van der Waals surface area contributed by atoms with Crippen molar-refractivity contribution in [1.29, 1.82) is 0 Å². The van der Waals surface area contributed by atoms with Crippen LogP contribution in [0, 0.1) is 5.92 Å². The first-order valence-corrected chi connectivity index (χ1v) is 10.7. The number of sulfonamides is 1. The van der Waals surface area contributed by atoms with E-state index in [9.17, 15) is 13.2 Å². The van der Waals surface area contributed by atoms with Gasteiger partial charge in [-0.1, -0.05) is 56.3 Å². The number of aryl methyl sites for hydroxylation is 1. The Morgan fingerprint density at radius 3 is 2.19 bits per heavy atom. The second-order valence-electron chi connectivity index (χ2n) is 7.09. The first kappa shape index (κ1) is 21.1. The van der Waals surface area contributed by atoms with E-state index in [1.165, 1.54) is 0 Å². The van der Waals surface area contributed by atoms with Crippen LogP contribution in [0.4, 0.5) is 0 Å². The molecule has 146 valence electrons. The molecule has 0 aliphatic heterocycles. The normalized spacial score (nSPS) is 12.7. The summed E-state index contributed by atoms with van der Waals surface area (Å²) in [6, 6.07) is 16.5. The second kappa shape index (κ2) is 9.67. The number of carbonyl (C=O) groups excluding carboxylic acids is 1. The molecule has 6 heteroatoms. The highest BCUT2D eigenvalue weighted by atomic mass is 32.2. The maximum Gasteiger partial charge on any atom is 0.240 e. The fourth-order valence-electron chi connectivity index (χ4n) is 2.59. The molecule has 0 aliphatic rings.